The standard InChI is InChI=1S/C26H33F2N3O4/c1-26(2,3)35-25(33)29-23(10-5-18-15-19(27)17-20(28)16-18)24(32)30(4)21-6-8-22(9-7-21)31-11-13-34-14-12-31/h6-9,15-17,23H,5,10-14H2,1-4H3,(H,29,33)/t23-/m0/s1. The first-order valence-electron chi connectivity index (χ1n) is 11.7. The minimum absolute atomic E-state index is 0.136. The summed E-state index contributed by atoms with van der Waals surface area (Å²) in [6.07, 6.45) is -0.417. The second-order valence-electron chi connectivity index (χ2n) is 9.53. The molecule has 0 aromatic heterocycles. The number of hydrogen-bond acceptors (Lipinski definition) is 5. The van der Waals surface area contributed by atoms with E-state index in [1.807, 2.05) is 24.3 Å². The van der Waals surface area contributed by atoms with Gasteiger partial charge in [-0.15, -0.1) is 0 Å². The highest BCUT2D eigenvalue weighted by molar-refractivity contribution is 5.98. The van der Waals surface area contributed by atoms with Crippen LogP contribution in [-0.2, 0) is 20.7 Å². The summed E-state index contributed by atoms with van der Waals surface area (Å²) >= 11 is 0. The maximum atomic E-state index is 13.6. The molecule has 0 saturated carbocycles. The third-order valence-electron chi connectivity index (χ3n) is 5.58. The molecule has 1 aliphatic heterocycles. The smallest absolute Gasteiger partial charge is 0.408 e. The average Bonchev–Trinajstić information content (AvgIpc) is 2.80. The van der Waals surface area contributed by atoms with Gasteiger partial charge in [0, 0.05) is 37.6 Å². The van der Waals surface area contributed by atoms with Gasteiger partial charge in [0.1, 0.15) is 23.3 Å². The largest absolute Gasteiger partial charge is 0.444 e. The van der Waals surface area contributed by atoms with Crippen molar-refractivity contribution < 1.29 is 27.8 Å². The number of benzene rings is 2. The van der Waals surface area contributed by atoms with Crippen molar-refractivity contribution in [3.8, 4) is 0 Å². The van der Waals surface area contributed by atoms with E-state index in [0.717, 1.165) is 24.8 Å². The fourth-order valence-corrected chi connectivity index (χ4v) is 3.84. The summed E-state index contributed by atoms with van der Waals surface area (Å²) in [5.41, 5.74) is 1.34. The van der Waals surface area contributed by atoms with E-state index in [9.17, 15) is 18.4 Å². The van der Waals surface area contributed by atoms with Crippen molar-refractivity contribution in [3.05, 3.63) is 59.7 Å². The monoisotopic (exact) mass is 489 g/mol. The van der Waals surface area contributed by atoms with Gasteiger partial charge >= 0.3 is 6.09 Å². The lowest BCUT2D eigenvalue weighted by Gasteiger charge is -2.30. The first-order valence-corrected chi connectivity index (χ1v) is 11.7. The molecule has 3 rings (SSSR count). The van der Waals surface area contributed by atoms with E-state index in [0.29, 0.717) is 24.5 Å². The van der Waals surface area contributed by atoms with Crippen molar-refractivity contribution in [2.24, 2.45) is 0 Å². The molecule has 9 heteroatoms. The highest BCUT2D eigenvalue weighted by Gasteiger charge is 2.27. The summed E-state index contributed by atoms with van der Waals surface area (Å²) < 4.78 is 37.9. The van der Waals surface area contributed by atoms with Gasteiger partial charge in [-0.3, -0.25) is 4.79 Å². The topological polar surface area (TPSA) is 71.1 Å². The van der Waals surface area contributed by atoms with Crippen LogP contribution in [0.3, 0.4) is 0 Å². The Morgan fingerprint density at radius 3 is 2.26 bits per heavy atom. The summed E-state index contributed by atoms with van der Waals surface area (Å²) in [5.74, 6) is -1.76. The molecule has 1 N–H and O–H groups in total. The van der Waals surface area contributed by atoms with Gasteiger partial charge in [-0.1, -0.05) is 0 Å². The Hall–Kier alpha value is -3.20. The van der Waals surface area contributed by atoms with Crippen LogP contribution in [0.25, 0.3) is 0 Å². The Balaban J connectivity index is 1.73. The highest BCUT2D eigenvalue weighted by Crippen LogP contribution is 2.22. The van der Waals surface area contributed by atoms with E-state index in [-0.39, 0.29) is 18.7 Å². The fraction of sp³-hybridized carbons (Fsp3) is 0.462. The van der Waals surface area contributed by atoms with Crippen molar-refractivity contribution in [2.75, 3.05) is 43.2 Å². The molecule has 2 amide bonds. The molecule has 2 aromatic rings. The lowest BCUT2D eigenvalue weighted by molar-refractivity contribution is -0.120. The van der Waals surface area contributed by atoms with Gasteiger partial charge in [-0.25, -0.2) is 13.6 Å². The summed E-state index contributed by atoms with van der Waals surface area (Å²) in [6, 6.07) is 9.83. The number of ether oxygens (including phenoxy) is 2. The average molecular weight is 490 g/mol. The Kier molecular flexibility index (Phi) is 8.67. The molecule has 0 spiro atoms. The quantitative estimate of drug-likeness (QED) is 0.628. The third-order valence-corrected chi connectivity index (χ3v) is 5.58. The second kappa shape index (κ2) is 11.5. The van der Waals surface area contributed by atoms with Crippen molar-refractivity contribution in [1.82, 2.24) is 5.32 Å². The van der Waals surface area contributed by atoms with Gasteiger partial charge < -0.3 is 24.6 Å². The number of hydrogen-bond donors (Lipinski definition) is 1. The molecule has 1 fully saturated rings. The molecule has 7 nitrogen and oxygen atoms in total. The van der Waals surface area contributed by atoms with E-state index >= 15 is 0 Å². The van der Waals surface area contributed by atoms with Crippen LogP contribution in [0.5, 0.6) is 0 Å². The number of carbonyl (C=O) groups is 2. The number of nitrogens with zero attached hydrogens (tertiary/aromatic N) is 2. The van der Waals surface area contributed by atoms with Crippen molar-refractivity contribution in [2.45, 2.75) is 45.3 Å². The van der Waals surface area contributed by atoms with E-state index in [1.165, 1.54) is 17.0 Å². The van der Waals surface area contributed by atoms with Crippen molar-refractivity contribution in [3.63, 3.8) is 0 Å². The Morgan fingerprint density at radius 2 is 1.69 bits per heavy atom. The zero-order valence-electron chi connectivity index (χ0n) is 20.6. The summed E-state index contributed by atoms with van der Waals surface area (Å²) in [4.78, 5) is 29.5. The minimum atomic E-state index is -0.958. The second-order valence-corrected chi connectivity index (χ2v) is 9.53. The maximum absolute atomic E-state index is 13.6. The van der Waals surface area contributed by atoms with Gasteiger partial charge in [0.25, 0.3) is 0 Å². The summed E-state index contributed by atoms with van der Waals surface area (Å²) in [5, 5.41) is 2.62. The normalized spacial score (nSPS) is 14.9. The van der Waals surface area contributed by atoms with Crippen molar-refractivity contribution in [1.29, 1.82) is 0 Å². The van der Waals surface area contributed by atoms with Crippen LogP contribution in [0.4, 0.5) is 25.0 Å². The molecule has 0 unspecified atom stereocenters. The molecule has 1 aliphatic rings. The molecule has 0 bridgehead atoms. The Labute approximate surface area is 205 Å². The Bertz CT molecular complexity index is 998. The van der Waals surface area contributed by atoms with Crippen LogP contribution in [0.1, 0.15) is 32.8 Å². The van der Waals surface area contributed by atoms with Crippen LogP contribution in [0.2, 0.25) is 0 Å². The van der Waals surface area contributed by atoms with Crippen LogP contribution in [-0.4, -0.2) is 57.0 Å². The lowest BCUT2D eigenvalue weighted by Crippen LogP contribution is -2.49. The minimum Gasteiger partial charge on any atom is -0.444 e. The zero-order valence-corrected chi connectivity index (χ0v) is 20.6. The number of alkyl carbamates (subject to hydrolysis) is 1. The fourth-order valence-electron chi connectivity index (χ4n) is 3.84. The predicted molar refractivity (Wildman–Crippen MR) is 131 cm³/mol. The first-order chi connectivity index (χ1) is 16.5. The summed E-state index contributed by atoms with van der Waals surface area (Å²) in [7, 11) is 1.62. The molecule has 35 heavy (non-hydrogen) atoms. The van der Waals surface area contributed by atoms with Gasteiger partial charge in [-0.05, 0) is 75.6 Å². The molecule has 1 atom stereocenters. The number of rotatable bonds is 7. The SMILES string of the molecule is CN(C(=O)[C@H](CCc1cc(F)cc(F)c1)NC(=O)OC(C)(C)C)c1ccc(N2CCOCC2)cc1. The number of anilines is 2. The Morgan fingerprint density at radius 1 is 1.09 bits per heavy atom. The number of amides is 2. The number of aryl methyl sites for hydroxylation is 1. The van der Waals surface area contributed by atoms with Crippen molar-refractivity contribution >= 4 is 23.4 Å². The molecule has 2 aromatic carbocycles. The molecular weight excluding hydrogens is 456 g/mol. The first kappa shape index (κ1) is 26.4. The number of carbonyl (C=O) groups excluding carboxylic acids is 2. The lowest BCUT2D eigenvalue weighted by atomic mass is 10.0. The molecule has 1 heterocycles. The zero-order chi connectivity index (χ0) is 25.6. The third kappa shape index (κ3) is 7.92. The van der Waals surface area contributed by atoms with Gasteiger partial charge in [0.05, 0.1) is 13.2 Å². The van der Waals surface area contributed by atoms with Crippen LogP contribution in [0, 0.1) is 11.6 Å². The van der Waals surface area contributed by atoms with E-state index in [2.05, 4.69) is 10.2 Å². The molecule has 0 radical (unpaired) electrons. The number of morpholine rings is 1. The number of nitrogens with one attached hydrogen (secondary N) is 1. The van der Waals surface area contributed by atoms with E-state index in [1.54, 1.807) is 27.8 Å². The van der Waals surface area contributed by atoms with E-state index < -0.39 is 29.4 Å². The van der Waals surface area contributed by atoms with Gasteiger partial charge in [-0.2, -0.15) is 0 Å². The van der Waals surface area contributed by atoms with Crippen LogP contribution in [0.15, 0.2) is 42.5 Å². The number of likely N-dealkylation sites (N-methyl/N-ethyl adjacent to an activating group) is 1. The van der Waals surface area contributed by atoms with Gasteiger partial charge in [0.15, 0.2) is 0 Å². The highest BCUT2D eigenvalue weighted by atomic mass is 19.1. The predicted octanol–water partition coefficient (Wildman–Crippen LogP) is 4.29. The van der Waals surface area contributed by atoms with Gasteiger partial charge in [0.2, 0.25) is 5.91 Å². The molecule has 190 valence electrons. The van der Waals surface area contributed by atoms with Crippen LogP contribution < -0.4 is 15.1 Å². The van der Waals surface area contributed by atoms with E-state index in [4.69, 9.17) is 9.47 Å². The summed E-state index contributed by atoms with van der Waals surface area (Å²) in [6.45, 7) is 8.12. The molecule has 0 aliphatic carbocycles. The molecular formula is C26H33F2N3O4. The molecule has 1 saturated heterocycles. The van der Waals surface area contributed by atoms with Crippen LogP contribution >= 0.6 is 0 Å². The maximum Gasteiger partial charge on any atom is 0.408 e. The number of halogens is 2.